The summed E-state index contributed by atoms with van der Waals surface area (Å²) in [5, 5.41) is 18.9. The van der Waals surface area contributed by atoms with Crippen LogP contribution < -0.4 is 5.32 Å². The largest absolute Gasteiger partial charge is 0.508 e. The highest BCUT2D eigenvalue weighted by molar-refractivity contribution is 5.94. The lowest BCUT2D eigenvalue weighted by Crippen LogP contribution is -2.47. The predicted molar refractivity (Wildman–Crippen MR) is 138 cm³/mol. The van der Waals surface area contributed by atoms with Gasteiger partial charge in [-0.05, 0) is 82.8 Å². The minimum atomic E-state index is -0.325. The molecule has 1 aromatic rings. The predicted octanol–water partition coefficient (Wildman–Crippen LogP) is 5.69. The molecule has 1 aromatic carbocycles. The van der Waals surface area contributed by atoms with Gasteiger partial charge in [0.05, 0.1) is 5.54 Å². The molecule has 6 heteroatoms. The zero-order valence-corrected chi connectivity index (χ0v) is 21.9. The first-order valence-electron chi connectivity index (χ1n) is 12.3. The Kier molecular flexibility index (Phi) is 15.3. The summed E-state index contributed by atoms with van der Waals surface area (Å²) in [6, 6.07) is 6.59. The standard InChI is InChI=1S/C14H19NO2.C9H19NO.C4H9N/c1-2-11-6-8-15(9-7-11)14(17)12-4-3-5-13(16)10-12;1-7(2)6-9(4,10-5)8(3)11;1-2-3-4-5/h3-5,10-11,16H,2,6-9H2,1H3;7,10H,6H2,1-5H3;4-5H,2-3H2,1H3. The van der Waals surface area contributed by atoms with Crippen molar-refractivity contribution in [2.75, 3.05) is 20.1 Å². The van der Waals surface area contributed by atoms with Gasteiger partial charge in [0.1, 0.15) is 11.5 Å². The summed E-state index contributed by atoms with van der Waals surface area (Å²) in [5.41, 5.74) is 0.258. The van der Waals surface area contributed by atoms with Crippen LogP contribution in [0.2, 0.25) is 0 Å². The molecule has 1 amide bonds. The van der Waals surface area contributed by atoms with Gasteiger partial charge in [-0.15, -0.1) is 0 Å². The molecule has 1 heterocycles. The molecular weight excluding hydrogens is 414 g/mol. The molecule has 0 radical (unpaired) electrons. The first-order chi connectivity index (χ1) is 15.5. The maximum atomic E-state index is 12.2. The van der Waals surface area contributed by atoms with E-state index in [0.717, 1.165) is 51.1 Å². The number of phenolic OH excluding ortho intramolecular Hbond substituents is 1. The molecular formula is C27H47N3O3. The summed E-state index contributed by atoms with van der Waals surface area (Å²) >= 11 is 0. The highest BCUT2D eigenvalue weighted by Crippen LogP contribution is 2.22. The van der Waals surface area contributed by atoms with E-state index in [1.54, 1.807) is 25.1 Å². The van der Waals surface area contributed by atoms with E-state index in [2.05, 4.69) is 33.0 Å². The van der Waals surface area contributed by atoms with Crippen LogP contribution in [0.5, 0.6) is 5.75 Å². The SMILES string of the molecule is CCC1CCN(C(=O)c2cccc(O)c2)CC1.CCCC=N.CNC(C)(CC(C)C)C(C)=O. The summed E-state index contributed by atoms with van der Waals surface area (Å²) in [6.07, 6.45) is 7.76. The molecule has 33 heavy (non-hydrogen) atoms. The number of Topliss-reactive ketones (excluding diaryl/α,β-unsaturated/α-hetero) is 1. The third-order valence-corrected chi connectivity index (χ3v) is 6.15. The number of ketones is 1. The molecule has 1 atom stereocenters. The molecule has 0 aliphatic carbocycles. The topological polar surface area (TPSA) is 93.5 Å². The summed E-state index contributed by atoms with van der Waals surface area (Å²) < 4.78 is 0. The molecule has 1 saturated heterocycles. The highest BCUT2D eigenvalue weighted by Gasteiger charge is 2.28. The number of hydrogen-bond acceptors (Lipinski definition) is 5. The second kappa shape index (κ2) is 16.4. The van der Waals surface area contributed by atoms with Gasteiger partial charge in [0, 0.05) is 18.7 Å². The molecule has 0 spiro atoms. The number of benzene rings is 1. The molecule has 3 N–H and O–H groups in total. The van der Waals surface area contributed by atoms with Crippen molar-refractivity contribution in [1.82, 2.24) is 10.2 Å². The van der Waals surface area contributed by atoms with Crippen molar-refractivity contribution in [3.05, 3.63) is 29.8 Å². The van der Waals surface area contributed by atoms with Crippen molar-refractivity contribution in [3.8, 4) is 5.75 Å². The number of likely N-dealkylation sites (N-methyl/N-ethyl adjacent to an activating group) is 1. The number of nitrogens with one attached hydrogen (secondary N) is 2. The molecule has 188 valence electrons. The third kappa shape index (κ3) is 12.0. The number of aromatic hydroxyl groups is 1. The number of hydrogen-bond donors (Lipinski definition) is 3. The molecule has 0 bridgehead atoms. The van der Waals surface area contributed by atoms with Crippen LogP contribution in [0.25, 0.3) is 0 Å². The number of amides is 1. The first kappa shape index (κ1) is 30.8. The minimum Gasteiger partial charge on any atom is -0.508 e. The lowest BCUT2D eigenvalue weighted by Gasteiger charge is -2.31. The number of phenols is 1. The van der Waals surface area contributed by atoms with Crippen molar-refractivity contribution in [2.24, 2.45) is 11.8 Å². The summed E-state index contributed by atoms with van der Waals surface area (Å²) in [4.78, 5) is 25.2. The summed E-state index contributed by atoms with van der Waals surface area (Å²) in [5.74, 6) is 1.73. The number of rotatable bonds is 8. The fourth-order valence-corrected chi connectivity index (χ4v) is 3.75. The Morgan fingerprint density at radius 3 is 2.21 bits per heavy atom. The highest BCUT2D eigenvalue weighted by atomic mass is 16.3. The van der Waals surface area contributed by atoms with Gasteiger partial charge in [0.15, 0.2) is 0 Å². The lowest BCUT2D eigenvalue weighted by atomic mass is 9.88. The van der Waals surface area contributed by atoms with E-state index in [-0.39, 0.29) is 23.0 Å². The van der Waals surface area contributed by atoms with Crippen molar-refractivity contribution < 1.29 is 14.7 Å². The van der Waals surface area contributed by atoms with Gasteiger partial charge >= 0.3 is 0 Å². The van der Waals surface area contributed by atoms with E-state index in [4.69, 9.17) is 5.41 Å². The van der Waals surface area contributed by atoms with Crippen molar-refractivity contribution in [2.45, 2.75) is 85.6 Å². The average Bonchev–Trinajstić information content (AvgIpc) is 2.79. The molecule has 1 fully saturated rings. The molecule has 0 aromatic heterocycles. The number of piperidine rings is 1. The number of nitrogens with zero attached hydrogens (tertiary/aromatic N) is 1. The van der Waals surface area contributed by atoms with E-state index in [9.17, 15) is 14.7 Å². The maximum Gasteiger partial charge on any atom is 0.253 e. The monoisotopic (exact) mass is 461 g/mol. The van der Waals surface area contributed by atoms with E-state index in [1.807, 2.05) is 18.9 Å². The Bertz CT molecular complexity index is 712. The number of carbonyl (C=O) groups is 2. The maximum absolute atomic E-state index is 12.2. The molecule has 1 aliphatic heterocycles. The van der Waals surface area contributed by atoms with Crippen LogP contribution in [-0.2, 0) is 4.79 Å². The number of unbranched alkanes of at least 4 members (excludes halogenated alkanes) is 1. The van der Waals surface area contributed by atoms with Crippen molar-refractivity contribution in [3.63, 3.8) is 0 Å². The van der Waals surface area contributed by atoms with Crippen LogP contribution >= 0.6 is 0 Å². The van der Waals surface area contributed by atoms with Crippen LogP contribution in [0.1, 0.15) is 90.4 Å². The zero-order valence-electron chi connectivity index (χ0n) is 21.9. The van der Waals surface area contributed by atoms with Crippen LogP contribution in [0.4, 0.5) is 0 Å². The Morgan fingerprint density at radius 2 is 1.88 bits per heavy atom. The minimum absolute atomic E-state index is 0.0375. The van der Waals surface area contributed by atoms with E-state index < -0.39 is 0 Å². The number of likely N-dealkylation sites (tertiary alicyclic amines) is 1. The Hall–Kier alpha value is -2.21. The van der Waals surface area contributed by atoms with E-state index >= 15 is 0 Å². The van der Waals surface area contributed by atoms with Crippen molar-refractivity contribution >= 4 is 17.9 Å². The van der Waals surface area contributed by atoms with Crippen molar-refractivity contribution in [1.29, 1.82) is 5.41 Å². The third-order valence-electron chi connectivity index (χ3n) is 6.15. The second-order valence-corrected chi connectivity index (χ2v) is 9.42. The quantitative estimate of drug-likeness (QED) is 0.434. The summed E-state index contributed by atoms with van der Waals surface area (Å²) in [7, 11) is 1.84. The van der Waals surface area contributed by atoms with Gasteiger partial charge < -0.3 is 20.7 Å². The first-order valence-corrected chi connectivity index (χ1v) is 12.3. The normalized spacial score (nSPS) is 15.5. The molecule has 6 nitrogen and oxygen atoms in total. The van der Waals surface area contributed by atoms with Gasteiger partial charge in [0.2, 0.25) is 0 Å². The molecule has 1 unspecified atom stereocenters. The Labute approximate surface area is 201 Å². The lowest BCUT2D eigenvalue weighted by molar-refractivity contribution is -0.123. The Morgan fingerprint density at radius 1 is 1.27 bits per heavy atom. The second-order valence-electron chi connectivity index (χ2n) is 9.42. The van der Waals surface area contributed by atoms with Gasteiger partial charge in [-0.25, -0.2) is 0 Å². The van der Waals surface area contributed by atoms with E-state index in [0.29, 0.717) is 11.5 Å². The molecule has 0 saturated carbocycles. The van der Waals surface area contributed by atoms with Crippen LogP contribution in [-0.4, -0.2) is 53.6 Å². The van der Waals surface area contributed by atoms with Gasteiger partial charge in [-0.1, -0.05) is 46.6 Å². The summed E-state index contributed by atoms with van der Waals surface area (Å²) in [6.45, 7) is 13.8. The molecule has 2 rings (SSSR count). The molecule has 1 aliphatic rings. The fourth-order valence-electron chi connectivity index (χ4n) is 3.75. The van der Waals surface area contributed by atoms with Crippen LogP contribution in [0.15, 0.2) is 24.3 Å². The Balaban J connectivity index is 0.000000551. The fraction of sp³-hybridized carbons (Fsp3) is 0.667. The van der Waals surface area contributed by atoms with Gasteiger partial charge in [-0.3, -0.25) is 9.59 Å². The number of carbonyl (C=O) groups excluding carboxylic acids is 2. The van der Waals surface area contributed by atoms with Crippen LogP contribution in [0, 0.1) is 17.2 Å². The van der Waals surface area contributed by atoms with E-state index in [1.165, 1.54) is 18.7 Å². The zero-order chi connectivity index (χ0) is 25.4. The average molecular weight is 462 g/mol. The van der Waals surface area contributed by atoms with Crippen LogP contribution in [0.3, 0.4) is 0 Å². The van der Waals surface area contributed by atoms with Gasteiger partial charge in [-0.2, -0.15) is 0 Å². The van der Waals surface area contributed by atoms with Gasteiger partial charge in [0.25, 0.3) is 5.91 Å². The smallest absolute Gasteiger partial charge is 0.253 e.